The Morgan fingerprint density at radius 3 is 2.52 bits per heavy atom. The van der Waals surface area contributed by atoms with Crippen LogP contribution in [0.2, 0.25) is 5.02 Å². The van der Waals surface area contributed by atoms with Gasteiger partial charge in [-0.3, -0.25) is 9.80 Å². The maximum absolute atomic E-state index is 5.88. The van der Waals surface area contributed by atoms with Gasteiger partial charge in [-0.1, -0.05) is 34.7 Å². The third kappa shape index (κ3) is 5.67. The third-order valence-electron chi connectivity index (χ3n) is 4.05. The minimum absolute atomic E-state index is 0.690. The Balaban J connectivity index is 1.39. The van der Waals surface area contributed by atoms with Crippen LogP contribution in [0.4, 0.5) is 0 Å². The standard InChI is InChI=1S/C16H21ClN4OS3/c1-24-15-18-21(16(23)25-15)12-20-8-6-19(7-9-20)10-11-22-14-4-2-13(17)3-5-14/h2-5H,6-12H2,1H3. The van der Waals surface area contributed by atoms with E-state index in [2.05, 4.69) is 14.9 Å². The van der Waals surface area contributed by atoms with Gasteiger partial charge in [0.05, 0.1) is 6.67 Å². The molecular weight excluding hydrogens is 396 g/mol. The number of rotatable bonds is 7. The molecule has 0 saturated carbocycles. The number of piperazine rings is 1. The zero-order valence-corrected chi connectivity index (χ0v) is 17.3. The van der Waals surface area contributed by atoms with E-state index in [1.54, 1.807) is 23.1 Å². The van der Waals surface area contributed by atoms with Gasteiger partial charge in [0, 0.05) is 37.7 Å². The van der Waals surface area contributed by atoms with Crippen LogP contribution in [0.15, 0.2) is 28.6 Å². The Morgan fingerprint density at radius 1 is 1.20 bits per heavy atom. The number of ether oxygens (including phenoxy) is 1. The van der Waals surface area contributed by atoms with E-state index in [0.29, 0.717) is 6.61 Å². The Bertz CT molecular complexity index is 726. The second-order valence-corrected chi connectivity index (χ2v) is 8.85. The molecule has 2 aromatic rings. The van der Waals surface area contributed by atoms with E-state index in [9.17, 15) is 0 Å². The van der Waals surface area contributed by atoms with Crippen LogP contribution in [0.25, 0.3) is 0 Å². The number of hydrogen-bond acceptors (Lipinski definition) is 7. The Hall–Kier alpha value is -0.640. The molecule has 9 heteroatoms. The summed E-state index contributed by atoms with van der Waals surface area (Å²) < 4.78 is 9.59. The van der Waals surface area contributed by atoms with Gasteiger partial charge in [0.15, 0.2) is 8.29 Å². The summed E-state index contributed by atoms with van der Waals surface area (Å²) in [6.45, 7) is 6.53. The molecule has 5 nitrogen and oxygen atoms in total. The maximum Gasteiger partial charge on any atom is 0.181 e. The molecule has 1 aromatic carbocycles. The summed E-state index contributed by atoms with van der Waals surface area (Å²) >= 11 is 14.5. The van der Waals surface area contributed by atoms with Crippen molar-refractivity contribution in [1.82, 2.24) is 19.6 Å². The molecule has 2 heterocycles. The van der Waals surface area contributed by atoms with Crippen LogP contribution in [0.1, 0.15) is 0 Å². The minimum Gasteiger partial charge on any atom is -0.492 e. The normalized spacial score (nSPS) is 16.2. The van der Waals surface area contributed by atoms with Gasteiger partial charge in [-0.05, 0) is 42.7 Å². The van der Waals surface area contributed by atoms with Crippen molar-refractivity contribution in [2.24, 2.45) is 0 Å². The lowest BCUT2D eigenvalue weighted by Crippen LogP contribution is -2.47. The zero-order valence-electron chi connectivity index (χ0n) is 14.1. The molecule has 0 N–H and O–H groups in total. The van der Waals surface area contributed by atoms with E-state index in [4.69, 9.17) is 28.6 Å². The molecule has 1 aliphatic rings. The lowest BCUT2D eigenvalue weighted by molar-refractivity contribution is 0.0920. The Morgan fingerprint density at radius 2 is 1.88 bits per heavy atom. The zero-order chi connectivity index (χ0) is 17.6. The summed E-state index contributed by atoms with van der Waals surface area (Å²) in [6, 6.07) is 7.50. The Labute approximate surface area is 166 Å². The third-order valence-corrected chi connectivity index (χ3v) is 6.59. The predicted octanol–water partition coefficient (Wildman–Crippen LogP) is 3.70. The minimum atomic E-state index is 0.690. The van der Waals surface area contributed by atoms with Crippen molar-refractivity contribution in [1.29, 1.82) is 0 Å². The molecule has 0 amide bonds. The largest absolute Gasteiger partial charge is 0.492 e. The predicted molar refractivity (Wildman–Crippen MR) is 108 cm³/mol. The highest BCUT2D eigenvalue weighted by Gasteiger charge is 2.17. The molecule has 0 spiro atoms. The molecule has 0 aliphatic carbocycles. The van der Waals surface area contributed by atoms with Gasteiger partial charge < -0.3 is 4.74 Å². The van der Waals surface area contributed by atoms with Crippen molar-refractivity contribution < 1.29 is 4.74 Å². The summed E-state index contributed by atoms with van der Waals surface area (Å²) in [5.41, 5.74) is 0. The molecule has 136 valence electrons. The fourth-order valence-electron chi connectivity index (χ4n) is 2.63. The quantitative estimate of drug-likeness (QED) is 0.505. The van der Waals surface area contributed by atoms with Crippen LogP contribution in [0.5, 0.6) is 5.75 Å². The van der Waals surface area contributed by atoms with Crippen molar-refractivity contribution in [2.45, 2.75) is 11.0 Å². The van der Waals surface area contributed by atoms with Crippen LogP contribution in [0, 0.1) is 3.95 Å². The van der Waals surface area contributed by atoms with E-state index >= 15 is 0 Å². The number of thioether (sulfide) groups is 1. The first-order chi connectivity index (χ1) is 12.1. The first-order valence-corrected chi connectivity index (χ1v) is 10.9. The number of aromatic nitrogens is 2. The Kier molecular flexibility index (Phi) is 7.15. The fraction of sp³-hybridized carbons (Fsp3) is 0.500. The monoisotopic (exact) mass is 416 g/mol. The van der Waals surface area contributed by atoms with Crippen LogP contribution in [0.3, 0.4) is 0 Å². The number of benzene rings is 1. The SMILES string of the molecule is CSc1nn(CN2CCN(CCOc3ccc(Cl)cc3)CC2)c(=S)s1. The highest BCUT2D eigenvalue weighted by molar-refractivity contribution is 8.00. The summed E-state index contributed by atoms with van der Waals surface area (Å²) in [5, 5.41) is 5.27. The molecule has 0 radical (unpaired) electrons. The van der Waals surface area contributed by atoms with Crippen molar-refractivity contribution in [2.75, 3.05) is 45.6 Å². The first kappa shape index (κ1) is 19.1. The van der Waals surface area contributed by atoms with E-state index < -0.39 is 0 Å². The van der Waals surface area contributed by atoms with E-state index in [1.165, 1.54) is 0 Å². The lowest BCUT2D eigenvalue weighted by atomic mass is 10.3. The highest BCUT2D eigenvalue weighted by Crippen LogP contribution is 2.19. The molecule has 1 aromatic heterocycles. The van der Waals surface area contributed by atoms with Gasteiger partial charge in [-0.2, -0.15) is 5.10 Å². The average Bonchev–Trinajstić information content (AvgIpc) is 2.98. The second kappa shape index (κ2) is 9.34. The summed E-state index contributed by atoms with van der Waals surface area (Å²) in [5.74, 6) is 0.866. The van der Waals surface area contributed by atoms with Crippen molar-refractivity contribution >= 4 is 46.9 Å². The van der Waals surface area contributed by atoms with Gasteiger partial charge >= 0.3 is 0 Å². The van der Waals surface area contributed by atoms with Crippen LogP contribution >= 0.6 is 46.9 Å². The molecule has 1 fully saturated rings. The molecule has 0 unspecified atom stereocenters. The number of nitrogens with zero attached hydrogens (tertiary/aromatic N) is 4. The molecule has 1 saturated heterocycles. The summed E-state index contributed by atoms with van der Waals surface area (Å²) in [6.07, 6.45) is 2.03. The number of hydrogen-bond donors (Lipinski definition) is 0. The van der Waals surface area contributed by atoms with Crippen LogP contribution in [-0.4, -0.2) is 65.2 Å². The second-order valence-electron chi connectivity index (χ2n) is 5.74. The molecular formula is C16H21ClN4OS3. The average molecular weight is 417 g/mol. The van der Waals surface area contributed by atoms with Gasteiger partial charge in [0.2, 0.25) is 0 Å². The van der Waals surface area contributed by atoms with Gasteiger partial charge in [-0.15, -0.1) is 0 Å². The van der Waals surface area contributed by atoms with E-state index in [-0.39, 0.29) is 0 Å². The first-order valence-electron chi connectivity index (χ1n) is 8.09. The topological polar surface area (TPSA) is 33.5 Å². The van der Waals surface area contributed by atoms with Crippen molar-refractivity contribution in [3.8, 4) is 5.75 Å². The highest BCUT2D eigenvalue weighted by atomic mass is 35.5. The maximum atomic E-state index is 5.88. The van der Waals surface area contributed by atoms with Gasteiger partial charge in [0.25, 0.3) is 0 Å². The molecule has 1 aliphatic heterocycles. The van der Waals surface area contributed by atoms with Crippen molar-refractivity contribution in [3.63, 3.8) is 0 Å². The van der Waals surface area contributed by atoms with E-state index in [1.807, 2.05) is 35.2 Å². The van der Waals surface area contributed by atoms with Crippen molar-refractivity contribution in [3.05, 3.63) is 33.2 Å². The lowest BCUT2D eigenvalue weighted by Gasteiger charge is -2.34. The molecule has 3 rings (SSSR count). The van der Waals surface area contributed by atoms with Gasteiger partial charge in [-0.25, -0.2) is 4.68 Å². The summed E-state index contributed by atoms with van der Waals surface area (Å²) in [4.78, 5) is 4.83. The smallest absolute Gasteiger partial charge is 0.181 e. The van der Waals surface area contributed by atoms with Gasteiger partial charge in [0.1, 0.15) is 12.4 Å². The van der Waals surface area contributed by atoms with Crippen LogP contribution < -0.4 is 4.74 Å². The summed E-state index contributed by atoms with van der Waals surface area (Å²) in [7, 11) is 0. The molecule has 25 heavy (non-hydrogen) atoms. The van der Waals surface area contributed by atoms with Crippen LogP contribution in [-0.2, 0) is 6.67 Å². The van der Waals surface area contributed by atoms with E-state index in [0.717, 1.165) is 58.5 Å². The number of halogens is 1. The molecule has 0 atom stereocenters. The fourth-order valence-corrected chi connectivity index (χ4v) is 4.49. The molecule has 0 bridgehead atoms.